The summed E-state index contributed by atoms with van der Waals surface area (Å²) in [5.74, 6) is 0.484. The van der Waals surface area contributed by atoms with Crippen molar-refractivity contribution in [3.63, 3.8) is 0 Å². The number of aromatic nitrogens is 4. The summed E-state index contributed by atoms with van der Waals surface area (Å²) in [6.07, 6.45) is 2.99. The van der Waals surface area contributed by atoms with E-state index >= 15 is 0 Å². The number of aliphatic hydroxyl groups excluding tert-OH is 1. The number of hydrogen-bond donors (Lipinski definition) is 2. The van der Waals surface area contributed by atoms with Crippen LogP contribution in [0.3, 0.4) is 0 Å². The quantitative estimate of drug-likeness (QED) is 0.756. The molecule has 2 aromatic heterocycles. The maximum Gasteiger partial charge on any atom is 0.201 e. The molecule has 1 aliphatic rings. The van der Waals surface area contributed by atoms with Crippen LogP contribution in [0.25, 0.3) is 11.0 Å². The van der Waals surface area contributed by atoms with Crippen LogP contribution in [0.1, 0.15) is 47.2 Å². The van der Waals surface area contributed by atoms with Gasteiger partial charge in [0.25, 0.3) is 0 Å². The highest BCUT2D eigenvalue weighted by Gasteiger charge is 2.28. The van der Waals surface area contributed by atoms with E-state index in [4.69, 9.17) is 15.7 Å². The molecule has 124 valence electrons. The first-order valence-corrected chi connectivity index (χ1v) is 8.29. The molecule has 0 spiro atoms. The fourth-order valence-corrected chi connectivity index (χ4v) is 3.56. The Balaban J connectivity index is 1.90. The Morgan fingerprint density at radius 3 is 2.79 bits per heavy atom. The minimum absolute atomic E-state index is 0.00108. The molecule has 4 rings (SSSR count). The van der Waals surface area contributed by atoms with Gasteiger partial charge in [-0.3, -0.25) is 9.97 Å². The summed E-state index contributed by atoms with van der Waals surface area (Å²) >= 11 is 0. The van der Waals surface area contributed by atoms with Gasteiger partial charge in [0.2, 0.25) is 5.95 Å². The molecule has 6 heteroatoms. The van der Waals surface area contributed by atoms with E-state index in [2.05, 4.69) is 9.55 Å². The van der Waals surface area contributed by atoms with Gasteiger partial charge in [-0.25, -0.2) is 4.98 Å². The molecule has 24 heavy (non-hydrogen) atoms. The SMILES string of the molecule is Cc1nc2c(nc1C)C(n1c(N)nc3cc(CO)ccc31)CCC2. The first-order chi connectivity index (χ1) is 11.6. The highest BCUT2D eigenvalue weighted by atomic mass is 16.3. The second-order valence-electron chi connectivity index (χ2n) is 6.46. The molecule has 1 aromatic carbocycles. The van der Waals surface area contributed by atoms with E-state index in [1.165, 1.54) is 0 Å². The van der Waals surface area contributed by atoms with E-state index in [0.29, 0.717) is 5.95 Å². The van der Waals surface area contributed by atoms with E-state index in [0.717, 1.165) is 58.6 Å². The second-order valence-corrected chi connectivity index (χ2v) is 6.46. The van der Waals surface area contributed by atoms with Crippen molar-refractivity contribution >= 4 is 17.0 Å². The predicted octanol–water partition coefficient (Wildman–Crippen LogP) is 2.44. The predicted molar refractivity (Wildman–Crippen MR) is 92.7 cm³/mol. The normalized spacial score (nSPS) is 17.2. The number of fused-ring (bicyclic) bond motifs is 2. The molecular formula is C18H21N5O. The van der Waals surface area contributed by atoms with Crippen LogP contribution in [0.5, 0.6) is 0 Å². The highest BCUT2D eigenvalue weighted by molar-refractivity contribution is 5.79. The molecule has 0 saturated carbocycles. The molecule has 0 aliphatic heterocycles. The molecule has 1 unspecified atom stereocenters. The Bertz CT molecular complexity index is 931. The van der Waals surface area contributed by atoms with E-state index < -0.39 is 0 Å². The van der Waals surface area contributed by atoms with Crippen LogP contribution < -0.4 is 5.73 Å². The summed E-state index contributed by atoms with van der Waals surface area (Å²) < 4.78 is 2.07. The third kappa shape index (κ3) is 2.26. The second kappa shape index (κ2) is 5.56. The van der Waals surface area contributed by atoms with Crippen molar-refractivity contribution < 1.29 is 5.11 Å². The number of aryl methyl sites for hydroxylation is 3. The third-order valence-corrected chi connectivity index (χ3v) is 4.89. The number of imidazole rings is 1. The minimum atomic E-state index is -0.00108. The first-order valence-electron chi connectivity index (χ1n) is 8.29. The van der Waals surface area contributed by atoms with E-state index in [9.17, 15) is 5.11 Å². The van der Waals surface area contributed by atoms with Gasteiger partial charge in [0.1, 0.15) is 0 Å². The van der Waals surface area contributed by atoms with Gasteiger partial charge in [0, 0.05) is 0 Å². The molecule has 1 atom stereocenters. The molecular weight excluding hydrogens is 302 g/mol. The average molecular weight is 323 g/mol. The Labute approximate surface area is 140 Å². The zero-order valence-corrected chi connectivity index (χ0v) is 14.0. The first kappa shape index (κ1) is 15.1. The van der Waals surface area contributed by atoms with Crippen molar-refractivity contribution in [2.75, 3.05) is 5.73 Å². The Hall–Kier alpha value is -2.47. The van der Waals surface area contributed by atoms with Crippen LogP contribution in [-0.2, 0) is 13.0 Å². The number of aliphatic hydroxyl groups is 1. The number of hydrogen-bond acceptors (Lipinski definition) is 5. The molecule has 2 heterocycles. The molecule has 0 saturated heterocycles. The van der Waals surface area contributed by atoms with Crippen LogP contribution >= 0.6 is 0 Å². The summed E-state index contributed by atoms with van der Waals surface area (Å²) in [5, 5.41) is 9.32. The van der Waals surface area contributed by atoms with Gasteiger partial charge in [-0.2, -0.15) is 0 Å². The lowest BCUT2D eigenvalue weighted by Gasteiger charge is -2.27. The molecule has 0 amide bonds. The molecule has 6 nitrogen and oxygen atoms in total. The number of rotatable bonds is 2. The summed E-state index contributed by atoms with van der Waals surface area (Å²) in [7, 11) is 0. The topological polar surface area (TPSA) is 89.9 Å². The van der Waals surface area contributed by atoms with Gasteiger partial charge in [-0.05, 0) is 50.8 Å². The zero-order chi connectivity index (χ0) is 16.8. The smallest absolute Gasteiger partial charge is 0.201 e. The lowest BCUT2D eigenvalue weighted by molar-refractivity contribution is 0.282. The average Bonchev–Trinajstić information content (AvgIpc) is 2.90. The molecule has 0 fully saturated rings. The van der Waals surface area contributed by atoms with Gasteiger partial charge in [0.15, 0.2) is 0 Å². The van der Waals surface area contributed by atoms with Crippen molar-refractivity contribution in [2.24, 2.45) is 0 Å². The van der Waals surface area contributed by atoms with Gasteiger partial charge in [-0.1, -0.05) is 6.07 Å². The van der Waals surface area contributed by atoms with Crippen molar-refractivity contribution in [3.05, 3.63) is 46.5 Å². The minimum Gasteiger partial charge on any atom is -0.392 e. The maximum atomic E-state index is 9.32. The molecule has 0 bridgehead atoms. The van der Waals surface area contributed by atoms with Crippen LogP contribution in [-0.4, -0.2) is 24.6 Å². The molecule has 3 N–H and O–H groups in total. The number of anilines is 1. The van der Waals surface area contributed by atoms with Crippen molar-refractivity contribution in [1.82, 2.24) is 19.5 Å². The summed E-state index contributed by atoms with van der Waals surface area (Å²) in [5.41, 5.74) is 12.9. The third-order valence-electron chi connectivity index (χ3n) is 4.89. The maximum absolute atomic E-state index is 9.32. The van der Waals surface area contributed by atoms with Crippen LogP contribution in [0, 0.1) is 13.8 Å². The van der Waals surface area contributed by atoms with Crippen LogP contribution in [0.2, 0.25) is 0 Å². The summed E-state index contributed by atoms with van der Waals surface area (Å²) in [6.45, 7) is 4.00. The molecule has 3 aromatic rings. The zero-order valence-electron chi connectivity index (χ0n) is 14.0. The molecule has 0 radical (unpaired) electrons. The lowest BCUT2D eigenvalue weighted by Crippen LogP contribution is -2.22. The van der Waals surface area contributed by atoms with Crippen molar-refractivity contribution in [1.29, 1.82) is 0 Å². The number of nitrogens with zero attached hydrogens (tertiary/aromatic N) is 4. The van der Waals surface area contributed by atoms with Gasteiger partial charge < -0.3 is 15.4 Å². The number of benzene rings is 1. The lowest BCUT2D eigenvalue weighted by atomic mass is 9.94. The number of nitrogen functional groups attached to an aromatic ring is 1. The highest BCUT2D eigenvalue weighted by Crippen LogP contribution is 2.35. The fraction of sp³-hybridized carbons (Fsp3) is 0.389. The van der Waals surface area contributed by atoms with Crippen LogP contribution in [0.15, 0.2) is 18.2 Å². The van der Waals surface area contributed by atoms with E-state index in [1.54, 1.807) is 0 Å². The molecule has 1 aliphatic carbocycles. The van der Waals surface area contributed by atoms with Crippen molar-refractivity contribution in [3.8, 4) is 0 Å². The Morgan fingerprint density at radius 2 is 2.00 bits per heavy atom. The largest absolute Gasteiger partial charge is 0.392 e. The fourth-order valence-electron chi connectivity index (χ4n) is 3.56. The Kier molecular flexibility index (Phi) is 3.49. The van der Waals surface area contributed by atoms with Gasteiger partial charge in [0.05, 0.1) is 46.5 Å². The van der Waals surface area contributed by atoms with Gasteiger partial charge in [-0.15, -0.1) is 0 Å². The summed E-state index contributed by atoms with van der Waals surface area (Å²) in [4.78, 5) is 14.1. The van der Waals surface area contributed by atoms with Crippen molar-refractivity contribution in [2.45, 2.75) is 45.8 Å². The standard InChI is InChI=1S/C18H21N5O/c1-10-11(2)21-17-13(20-10)4-3-5-16(17)23-15-7-6-12(9-24)8-14(15)22-18(23)19/h6-8,16,24H,3-5,9H2,1-2H3,(H2,19,22). The Morgan fingerprint density at radius 1 is 1.21 bits per heavy atom. The monoisotopic (exact) mass is 323 g/mol. The summed E-state index contributed by atoms with van der Waals surface area (Å²) in [6, 6.07) is 5.84. The van der Waals surface area contributed by atoms with E-state index in [1.807, 2.05) is 32.0 Å². The van der Waals surface area contributed by atoms with E-state index in [-0.39, 0.29) is 12.6 Å². The number of nitrogens with two attached hydrogens (primary N) is 1. The van der Waals surface area contributed by atoms with Gasteiger partial charge >= 0.3 is 0 Å². The van der Waals surface area contributed by atoms with Crippen LogP contribution in [0.4, 0.5) is 5.95 Å².